The molecule has 0 aliphatic carbocycles. The van der Waals surface area contributed by atoms with Crippen molar-refractivity contribution in [2.75, 3.05) is 30.5 Å². The molecule has 1 fully saturated rings. The molecule has 0 bridgehead atoms. The highest BCUT2D eigenvalue weighted by Gasteiger charge is 2.29. The number of piperidine rings is 1. The van der Waals surface area contributed by atoms with Crippen LogP contribution < -0.4 is 9.21 Å². The van der Waals surface area contributed by atoms with Gasteiger partial charge in [0.25, 0.3) is 10.0 Å². The fourth-order valence-electron chi connectivity index (χ4n) is 3.81. The van der Waals surface area contributed by atoms with Crippen molar-refractivity contribution in [3.63, 3.8) is 0 Å². The van der Waals surface area contributed by atoms with Gasteiger partial charge in [-0.05, 0) is 62.9 Å². The summed E-state index contributed by atoms with van der Waals surface area (Å²) in [5.74, 6) is 0. The molecular weight excluding hydrogens is 372 g/mol. The Hall–Kier alpha value is -1.89. The minimum atomic E-state index is -3.76. The lowest BCUT2D eigenvalue weighted by atomic mass is 10.1. The Bertz CT molecular complexity index is 875. The van der Waals surface area contributed by atoms with Crippen molar-refractivity contribution in [1.29, 1.82) is 0 Å². The van der Waals surface area contributed by atoms with E-state index in [1.54, 1.807) is 30.3 Å². The van der Waals surface area contributed by atoms with Crippen LogP contribution in [0.15, 0.2) is 53.4 Å². The van der Waals surface area contributed by atoms with Gasteiger partial charge in [-0.3, -0.25) is 4.31 Å². The van der Waals surface area contributed by atoms with Crippen molar-refractivity contribution in [3.05, 3.63) is 59.7 Å². The van der Waals surface area contributed by atoms with Crippen molar-refractivity contribution in [1.82, 2.24) is 0 Å². The number of likely N-dealkylation sites (tertiary alicyclic amines) is 1. The van der Waals surface area contributed by atoms with Crippen molar-refractivity contribution >= 4 is 15.7 Å². The van der Waals surface area contributed by atoms with Crippen LogP contribution in [0.25, 0.3) is 0 Å². The van der Waals surface area contributed by atoms with Crippen molar-refractivity contribution in [3.8, 4) is 0 Å². The molecule has 0 radical (unpaired) electrons. The minimum Gasteiger partial charge on any atom is -0.385 e. The molecule has 5 nitrogen and oxygen atoms in total. The summed E-state index contributed by atoms with van der Waals surface area (Å²) < 4.78 is 28.1. The molecular formula is C22H31N2O3S+. The molecule has 0 aromatic heterocycles. The molecule has 0 amide bonds. The molecule has 2 N–H and O–H groups in total. The number of nitrogens with one attached hydrogen (secondary N) is 1. The molecule has 0 spiro atoms. The van der Waals surface area contributed by atoms with E-state index in [4.69, 9.17) is 0 Å². The third-order valence-corrected chi connectivity index (χ3v) is 7.17. The molecule has 1 saturated heterocycles. The maximum Gasteiger partial charge on any atom is 0.264 e. The molecule has 3 rings (SSSR count). The SMILES string of the molecule is Cc1ccc(S(=O)(=O)N(C[C@@H](O)C[NH+]2CCCCC2)c2cccc(C)c2)cc1. The number of sulfonamides is 1. The summed E-state index contributed by atoms with van der Waals surface area (Å²) in [4.78, 5) is 1.60. The van der Waals surface area contributed by atoms with E-state index in [0.29, 0.717) is 12.2 Å². The summed E-state index contributed by atoms with van der Waals surface area (Å²) in [5.41, 5.74) is 2.58. The first kappa shape index (κ1) is 20.8. The third kappa shape index (κ3) is 5.13. The van der Waals surface area contributed by atoms with Crippen molar-refractivity contribution in [2.24, 2.45) is 0 Å². The highest BCUT2D eigenvalue weighted by molar-refractivity contribution is 7.92. The summed E-state index contributed by atoms with van der Waals surface area (Å²) in [6, 6.07) is 14.3. The van der Waals surface area contributed by atoms with Gasteiger partial charge >= 0.3 is 0 Å². The van der Waals surface area contributed by atoms with Crippen LogP contribution >= 0.6 is 0 Å². The summed E-state index contributed by atoms with van der Waals surface area (Å²) in [7, 11) is -3.76. The Morgan fingerprint density at radius 1 is 1.00 bits per heavy atom. The van der Waals surface area contributed by atoms with E-state index in [9.17, 15) is 13.5 Å². The Morgan fingerprint density at radius 2 is 1.68 bits per heavy atom. The van der Waals surface area contributed by atoms with Gasteiger partial charge in [-0.1, -0.05) is 29.8 Å². The predicted octanol–water partition coefficient (Wildman–Crippen LogP) is 1.93. The number of anilines is 1. The molecule has 6 heteroatoms. The number of quaternary nitrogens is 1. The van der Waals surface area contributed by atoms with Gasteiger partial charge in [-0.2, -0.15) is 0 Å². The Kier molecular flexibility index (Phi) is 6.75. The van der Waals surface area contributed by atoms with Crippen LogP contribution in [-0.4, -0.2) is 45.8 Å². The van der Waals surface area contributed by atoms with Gasteiger partial charge in [-0.15, -0.1) is 0 Å². The lowest BCUT2D eigenvalue weighted by Crippen LogP contribution is -3.14. The second-order valence-corrected chi connectivity index (χ2v) is 9.72. The third-order valence-electron chi connectivity index (χ3n) is 5.36. The number of hydrogen-bond acceptors (Lipinski definition) is 3. The monoisotopic (exact) mass is 403 g/mol. The molecule has 1 heterocycles. The van der Waals surface area contributed by atoms with Crippen LogP contribution in [-0.2, 0) is 10.0 Å². The molecule has 28 heavy (non-hydrogen) atoms. The van der Waals surface area contributed by atoms with Gasteiger partial charge in [0.2, 0.25) is 0 Å². The van der Waals surface area contributed by atoms with Crippen LogP contribution in [0, 0.1) is 13.8 Å². The second-order valence-electron chi connectivity index (χ2n) is 7.86. The highest BCUT2D eigenvalue weighted by Crippen LogP contribution is 2.25. The number of aliphatic hydroxyl groups is 1. The smallest absolute Gasteiger partial charge is 0.264 e. The molecule has 2 aromatic carbocycles. The Morgan fingerprint density at radius 3 is 2.32 bits per heavy atom. The first-order valence-corrected chi connectivity index (χ1v) is 11.5. The molecule has 1 atom stereocenters. The van der Waals surface area contributed by atoms with Crippen molar-refractivity contribution in [2.45, 2.75) is 44.1 Å². The fourth-order valence-corrected chi connectivity index (χ4v) is 5.30. The van der Waals surface area contributed by atoms with Gasteiger partial charge < -0.3 is 10.0 Å². The number of nitrogens with zero attached hydrogens (tertiary/aromatic N) is 1. The second kappa shape index (κ2) is 9.07. The lowest BCUT2D eigenvalue weighted by molar-refractivity contribution is -0.907. The van der Waals surface area contributed by atoms with Gasteiger partial charge in [0.05, 0.1) is 30.2 Å². The summed E-state index contributed by atoms with van der Waals surface area (Å²) in [6.45, 7) is 6.60. The zero-order valence-electron chi connectivity index (χ0n) is 16.8. The number of hydrogen-bond donors (Lipinski definition) is 2. The van der Waals surface area contributed by atoms with Gasteiger partial charge in [0.1, 0.15) is 12.6 Å². The van der Waals surface area contributed by atoms with E-state index in [1.807, 2.05) is 32.0 Å². The highest BCUT2D eigenvalue weighted by atomic mass is 32.2. The number of aliphatic hydroxyl groups excluding tert-OH is 1. The number of rotatable bonds is 7. The van der Waals surface area contributed by atoms with Crippen LogP contribution in [0.1, 0.15) is 30.4 Å². The van der Waals surface area contributed by atoms with E-state index in [2.05, 4.69) is 0 Å². The van der Waals surface area contributed by atoms with E-state index in [0.717, 1.165) is 24.2 Å². The average molecular weight is 404 g/mol. The molecule has 2 aromatic rings. The zero-order chi connectivity index (χ0) is 20.1. The predicted molar refractivity (Wildman–Crippen MR) is 112 cm³/mol. The van der Waals surface area contributed by atoms with Crippen molar-refractivity contribution < 1.29 is 18.4 Å². The topological polar surface area (TPSA) is 62.0 Å². The zero-order valence-corrected chi connectivity index (χ0v) is 17.6. The van der Waals surface area contributed by atoms with Crippen LogP contribution in [0.5, 0.6) is 0 Å². The molecule has 152 valence electrons. The van der Waals surface area contributed by atoms with Gasteiger partial charge in [0.15, 0.2) is 0 Å². The molecule has 0 saturated carbocycles. The van der Waals surface area contributed by atoms with Crippen LogP contribution in [0.2, 0.25) is 0 Å². The molecule has 0 unspecified atom stereocenters. The molecule has 1 aliphatic rings. The first-order valence-electron chi connectivity index (χ1n) is 10.0. The largest absolute Gasteiger partial charge is 0.385 e. The van der Waals surface area contributed by atoms with E-state index in [-0.39, 0.29) is 11.4 Å². The maximum atomic E-state index is 13.4. The number of aryl methyl sites for hydroxylation is 2. The standard InChI is InChI=1S/C22H30N2O3S/c1-18-9-11-22(12-10-18)28(26,27)24(20-8-6-7-19(2)15-20)17-21(25)16-23-13-4-3-5-14-23/h6-12,15,21,25H,3-5,13-14,16-17H2,1-2H3/p+1/t21-/m0/s1. The lowest BCUT2D eigenvalue weighted by Gasteiger charge is -2.30. The summed E-state index contributed by atoms with van der Waals surface area (Å²) in [5, 5.41) is 10.7. The normalized spacial score (nSPS) is 16.7. The minimum absolute atomic E-state index is 0.0587. The van der Waals surface area contributed by atoms with E-state index in [1.165, 1.54) is 28.5 Å². The van der Waals surface area contributed by atoms with Gasteiger partial charge in [-0.25, -0.2) is 8.42 Å². The van der Waals surface area contributed by atoms with Gasteiger partial charge in [0, 0.05) is 0 Å². The quantitative estimate of drug-likeness (QED) is 0.743. The van der Waals surface area contributed by atoms with E-state index >= 15 is 0 Å². The Labute approximate surface area is 168 Å². The first-order chi connectivity index (χ1) is 13.4. The van der Waals surface area contributed by atoms with E-state index < -0.39 is 16.1 Å². The fraction of sp³-hybridized carbons (Fsp3) is 0.455. The summed E-state index contributed by atoms with van der Waals surface area (Å²) >= 11 is 0. The Balaban J connectivity index is 1.87. The summed E-state index contributed by atoms with van der Waals surface area (Å²) in [6.07, 6.45) is 2.88. The average Bonchev–Trinajstić information content (AvgIpc) is 2.67. The van der Waals surface area contributed by atoms with Crippen LogP contribution in [0.4, 0.5) is 5.69 Å². The van der Waals surface area contributed by atoms with Crippen LogP contribution in [0.3, 0.4) is 0 Å². The maximum absolute atomic E-state index is 13.4. The molecule has 1 aliphatic heterocycles. The number of benzene rings is 2.